The Bertz CT molecular complexity index is 423. The summed E-state index contributed by atoms with van der Waals surface area (Å²) in [5.74, 6) is 0. The molecule has 68 valence electrons. The van der Waals surface area contributed by atoms with Crippen molar-refractivity contribution in [3.63, 3.8) is 0 Å². The van der Waals surface area contributed by atoms with Crippen LogP contribution in [0.2, 0.25) is 0 Å². The molecular formula is C11H13NSe. The zero-order valence-electron chi connectivity index (χ0n) is 8.16. The summed E-state index contributed by atoms with van der Waals surface area (Å²) < 4.78 is 1.42. The van der Waals surface area contributed by atoms with Gasteiger partial charge in [-0.1, -0.05) is 0 Å². The molecular weight excluding hydrogens is 225 g/mol. The molecule has 0 aliphatic heterocycles. The standard InChI is InChI=1S/C11H13NSe/c1-11(2,3)8-4-5-10-9(6-8)12-7-13-10/h4-7H,1-3H3. The topological polar surface area (TPSA) is 12.9 Å². The second-order valence-electron chi connectivity index (χ2n) is 4.28. The second kappa shape index (κ2) is 2.97. The third-order valence-corrected chi connectivity index (χ3v) is 3.90. The molecule has 0 spiro atoms. The van der Waals surface area contributed by atoms with Crippen molar-refractivity contribution < 1.29 is 0 Å². The molecule has 13 heavy (non-hydrogen) atoms. The molecule has 0 radical (unpaired) electrons. The van der Waals surface area contributed by atoms with Crippen molar-refractivity contribution in [2.45, 2.75) is 26.2 Å². The molecule has 0 amide bonds. The van der Waals surface area contributed by atoms with E-state index in [1.54, 1.807) is 0 Å². The molecule has 1 aromatic carbocycles. The van der Waals surface area contributed by atoms with Crippen molar-refractivity contribution in [3.8, 4) is 0 Å². The van der Waals surface area contributed by atoms with Crippen LogP contribution in [-0.4, -0.2) is 19.5 Å². The Balaban J connectivity index is 2.61. The van der Waals surface area contributed by atoms with Crippen LogP contribution in [0.25, 0.3) is 9.78 Å². The van der Waals surface area contributed by atoms with E-state index in [1.165, 1.54) is 15.3 Å². The van der Waals surface area contributed by atoms with Crippen molar-refractivity contribution >= 4 is 24.3 Å². The summed E-state index contributed by atoms with van der Waals surface area (Å²) in [5.41, 5.74) is 2.80. The van der Waals surface area contributed by atoms with Gasteiger partial charge in [0, 0.05) is 0 Å². The molecule has 2 aromatic rings. The van der Waals surface area contributed by atoms with Gasteiger partial charge in [-0.05, 0) is 0 Å². The van der Waals surface area contributed by atoms with Gasteiger partial charge in [-0.25, -0.2) is 0 Å². The molecule has 0 atom stereocenters. The Morgan fingerprint density at radius 1 is 1.23 bits per heavy atom. The van der Waals surface area contributed by atoms with E-state index >= 15 is 0 Å². The average Bonchev–Trinajstić information content (AvgIpc) is 2.47. The summed E-state index contributed by atoms with van der Waals surface area (Å²) in [6, 6.07) is 6.68. The van der Waals surface area contributed by atoms with Crippen molar-refractivity contribution in [2.75, 3.05) is 0 Å². The summed E-state index contributed by atoms with van der Waals surface area (Å²) in [4.78, 5) is 4.38. The number of hydrogen-bond acceptors (Lipinski definition) is 1. The fourth-order valence-electron chi connectivity index (χ4n) is 1.32. The molecule has 0 aliphatic rings. The third kappa shape index (κ3) is 1.70. The number of fused-ring (bicyclic) bond motifs is 1. The summed E-state index contributed by atoms with van der Waals surface area (Å²) in [5, 5.41) is 2.05. The Labute approximate surface area is 84.5 Å². The van der Waals surface area contributed by atoms with Crippen LogP contribution in [-0.2, 0) is 5.41 Å². The number of hydrogen-bond donors (Lipinski definition) is 0. The summed E-state index contributed by atoms with van der Waals surface area (Å²) >= 11 is 0.478. The second-order valence-corrected chi connectivity index (χ2v) is 6.14. The molecule has 2 rings (SSSR count). The molecule has 0 saturated heterocycles. The van der Waals surface area contributed by atoms with E-state index in [9.17, 15) is 0 Å². The van der Waals surface area contributed by atoms with Crippen LogP contribution in [0.4, 0.5) is 0 Å². The molecule has 0 bridgehead atoms. The van der Waals surface area contributed by atoms with Crippen LogP contribution in [0.3, 0.4) is 0 Å². The van der Waals surface area contributed by atoms with E-state index < -0.39 is 0 Å². The van der Waals surface area contributed by atoms with Crippen molar-refractivity contribution in [1.82, 2.24) is 4.98 Å². The van der Waals surface area contributed by atoms with Crippen LogP contribution in [0, 0.1) is 0 Å². The molecule has 0 fully saturated rings. The van der Waals surface area contributed by atoms with Crippen LogP contribution < -0.4 is 0 Å². The Morgan fingerprint density at radius 2 is 2.00 bits per heavy atom. The Morgan fingerprint density at radius 3 is 2.69 bits per heavy atom. The van der Waals surface area contributed by atoms with Gasteiger partial charge >= 0.3 is 84.3 Å². The third-order valence-electron chi connectivity index (χ3n) is 2.20. The Kier molecular flexibility index (Phi) is 2.05. The summed E-state index contributed by atoms with van der Waals surface area (Å²) in [6.07, 6.45) is 0. The Hall–Kier alpha value is -0.591. The van der Waals surface area contributed by atoms with E-state index in [4.69, 9.17) is 0 Å². The first-order valence-corrected chi connectivity index (χ1v) is 6.26. The monoisotopic (exact) mass is 239 g/mol. The van der Waals surface area contributed by atoms with Crippen LogP contribution in [0.1, 0.15) is 26.3 Å². The zero-order chi connectivity index (χ0) is 9.47. The molecule has 2 heteroatoms. The molecule has 1 aromatic heterocycles. The fourth-order valence-corrected chi connectivity index (χ4v) is 2.71. The van der Waals surface area contributed by atoms with Crippen LogP contribution in [0.5, 0.6) is 0 Å². The van der Waals surface area contributed by atoms with Gasteiger partial charge < -0.3 is 0 Å². The minimum atomic E-state index is 0.236. The molecule has 0 aliphatic carbocycles. The van der Waals surface area contributed by atoms with Gasteiger partial charge in [0.05, 0.1) is 0 Å². The first kappa shape index (κ1) is 8.98. The average molecular weight is 238 g/mol. The van der Waals surface area contributed by atoms with Gasteiger partial charge in [0.1, 0.15) is 0 Å². The van der Waals surface area contributed by atoms with Crippen LogP contribution in [0.15, 0.2) is 23.3 Å². The van der Waals surface area contributed by atoms with Crippen LogP contribution >= 0.6 is 0 Å². The zero-order valence-corrected chi connectivity index (χ0v) is 9.88. The SMILES string of the molecule is CC(C)(C)c1ccc2[se]cnc2c1. The first-order valence-electron chi connectivity index (χ1n) is 4.41. The van der Waals surface area contributed by atoms with E-state index in [2.05, 4.69) is 44.0 Å². The predicted molar refractivity (Wildman–Crippen MR) is 57.4 cm³/mol. The fraction of sp³-hybridized carbons (Fsp3) is 0.364. The maximum atomic E-state index is 4.38. The number of rotatable bonds is 0. The molecule has 1 nitrogen and oxygen atoms in total. The number of nitrogens with zero attached hydrogens (tertiary/aromatic N) is 1. The van der Waals surface area contributed by atoms with Crippen molar-refractivity contribution in [3.05, 3.63) is 28.8 Å². The predicted octanol–water partition coefficient (Wildman–Crippen LogP) is 2.59. The van der Waals surface area contributed by atoms with Gasteiger partial charge in [0.25, 0.3) is 0 Å². The minimum absolute atomic E-state index is 0.236. The van der Waals surface area contributed by atoms with Gasteiger partial charge in [-0.15, -0.1) is 0 Å². The summed E-state index contributed by atoms with van der Waals surface area (Å²) in [6.45, 7) is 6.70. The van der Waals surface area contributed by atoms with E-state index in [-0.39, 0.29) is 5.41 Å². The first-order chi connectivity index (χ1) is 6.07. The van der Waals surface area contributed by atoms with Crippen molar-refractivity contribution in [2.24, 2.45) is 0 Å². The van der Waals surface area contributed by atoms with Crippen molar-refractivity contribution in [1.29, 1.82) is 0 Å². The van der Waals surface area contributed by atoms with Gasteiger partial charge in [-0.3, -0.25) is 0 Å². The van der Waals surface area contributed by atoms with E-state index in [0.29, 0.717) is 14.5 Å². The summed E-state index contributed by atoms with van der Waals surface area (Å²) in [7, 11) is 0. The van der Waals surface area contributed by atoms with Gasteiger partial charge in [-0.2, -0.15) is 0 Å². The number of benzene rings is 1. The molecule has 0 N–H and O–H groups in total. The molecule has 0 saturated carbocycles. The normalized spacial score (nSPS) is 12.2. The van der Waals surface area contributed by atoms with Gasteiger partial charge in [0.2, 0.25) is 0 Å². The van der Waals surface area contributed by atoms with Gasteiger partial charge in [0.15, 0.2) is 0 Å². The molecule has 1 heterocycles. The maximum absolute atomic E-state index is 4.38. The quantitative estimate of drug-likeness (QED) is 0.643. The molecule has 0 unspecified atom stereocenters. The number of aromatic nitrogens is 1. The van der Waals surface area contributed by atoms with E-state index in [0.717, 1.165) is 0 Å². The van der Waals surface area contributed by atoms with E-state index in [1.807, 2.05) is 5.07 Å².